The van der Waals surface area contributed by atoms with Crippen LogP contribution >= 0.6 is 11.6 Å². The Morgan fingerprint density at radius 1 is 1.17 bits per heavy atom. The van der Waals surface area contributed by atoms with Crippen molar-refractivity contribution in [1.82, 2.24) is 5.32 Å². The van der Waals surface area contributed by atoms with E-state index in [1.165, 1.54) is 12.1 Å². The second-order valence-corrected chi connectivity index (χ2v) is 8.80. The van der Waals surface area contributed by atoms with E-state index in [2.05, 4.69) is 5.32 Å². The fourth-order valence-electron chi connectivity index (χ4n) is 3.79. The summed E-state index contributed by atoms with van der Waals surface area (Å²) in [6.45, 7) is 0. The number of Topliss-reactive ketones (excluding diaryl/α,β-unsaturated/α-hetero) is 1. The smallest absolute Gasteiger partial charge is 0.177 e. The van der Waals surface area contributed by atoms with Gasteiger partial charge in [-0.25, -0.2) is 12.8 Å². The zero-order valence-electron chi connectivity index (χ0n) is 12.7. The van der Waals surface area contributed by atoms with E-state index < -0.39 is 21.6 Å². The van der Waals surface area contributed by atoms with Crippen molar-refractivity contribution in [1.29, 1.82) is 0 Å². The predicted molar refractivity (Wildman–Crippen MR) is 88.6 cm³/mol. The molecule has 3 aliphatic rings. The van der Waals surface area contributed by atoms with E-state index in [0.717, 1.165) is 12.1 Å². The van der Waals surface area contributed by atoms with Crippen molar-refractivity contribution < 1.29 is 17.6 Å². The van der Waals surface area contributed by atoms with Crippen LogP contribution in [0.4, 0.5) is 4.39 Å². The summed E-state index contributed by atoms with van der Waals surface area (Å²) in [6, 6.07) is 4.25. The first-order valence-corrected chi connectivity index (χ1v) is 9.85. The third kappa shape index (κ3) is 2.31. The largest absolute Gasteiger partial charge is 0.361 e. The van der Waals surface area contributed by atoms with Gasteiger partial charge in [0.1, 0.15) is 5.82 Å². The van der Waals surface area contributed by atoms with Crippen molar-refractivity contribution in [2.45, 2.75) is 31.6 Å². The Morgan fingerprint density at radius 2 is 1.96 bits per heavy atom. The maximum absolute atomic E-state index is 14.0. The molecule has 126 valence electrons. The summed E-state index contributed by atoms with van der Waals surface area (Å²) < 4.78 is 39.1. The first kappa shape index (κ1) is 15.8. The first-order valence-electron chi connectivity index (χ1n) is 7.82. The van der Waals surface area contributed by atoms with Crippen molar-refractivity contribution in [3.8, 4) is 0 Å². The highest BCUT2D eigenvalue weighted by molar-refractivity contribution is 7.95. The molecule has 0 saturated carbocycles. The average molecular weight is 368 g/mol. The number of hydrogen-bond donors (Lipinski definition) is 1. The molecule has 0 radical (unpaired) electrons. The summed E-state index contributed by atoms with van der Waals surface area (Å²) in [5, 5.41) is 3.14. The third-order valence-electron chi connectivity index (χ3n) is 4.84. The number of ketones is 1. The SMILES string of the molecule is O=C1CCCC2=C1[C@H](c1ccc(Cl)c(F)c1)C1=C(CCS1(=O)=O)N2. The quantitative estimate of drug-likeness (QED) is 0.828. The normalized spacial score (nSPS) is 25.4. The van der Waals surface area contributed by atoms with Gasteiger partial charge < -0.3 is 5.32 Å². The molecular weight excluding hydrogens is 353 g/mol. The monoisotopic (exact) mass is 367 g/mol. The highest BCUT2D eigenvalue weighted by atomic mass is 35.5. The van der Waals surface area contributed by atoms with Gasteiger partial charge in [-0.05, 0) is 30.5 Å². The first-order chi connectivity index (χ1) is 11.4. The van der Waals surface area contributed by atoms with Crippen molar-refractivity contribution in [3.05, 3.63) is 56.5 Å². The number of hydrogen-bond acceptors (Lipinski definition) is 4. The molecule has 4 nitrogen and oxygen atoms in total. The number of benzene rings is 1. The summed E-state index contributed by atoms with van der Waals surface area (Å²) in [6.07, 6.45) is 2.22. The molecule has 0 unspecified atom stereocenters. The predicted octanol–water partition coefficient (Wildman–Crippen LogP) is 3.20. The van der Waals surface area contributed by atoms with Crippen molar-refractivity contribution in [2.75, 3.05) is 5.75 Å². The summed E-state index contributed by atoms with van der Waals surface area (Å²) in [4.78, 5) is 12.7. The molecule has 7 heteroatoms. The highest BCUT2D eigenvalue weighted by Gasteiger charge is 2.44. The molecule has 0 aromatic heterocycles. The van der Waals surface area contributed by atoms with Gasteiger partial charge in [-0.3, -0.25) is 4.79 Å². The van der Waals surface area contributed by atoms with Crippen LogP contribution in [0.25, 0.3) is 0 Å². The van der Waals surface area contributed by atoms with Crippen LogP contribution in [0.5, 0.6) is 0 Å². The number of dihydropyridines is 1. The lowest BCUT2D eigenvalue weighted by atomic mass is 9.79. The summed E-state index contributed by atoms with van der Waals surface area (Å²) in [7, 11) is -3.47. The lowest BCUT2D eigenvalue weighted by Crippen LogP contribution is -2.32. The molecule has 1 aliphatic carbocycles. The molecule has 0 fully saturated rings. The number of halogens is 2. The van der Waals surface area contributed by atoms with E-state index in [4.69, 9.17) is 11.6 Å². The molecule has 0 saturated heterocycles. The van der Waals surface area contributed by atoms with Gasteiger partial charge in [-0.1, -0.05) is 17.7 Å². The Balaban J connectivity index is 1.96. The summed E-state index contributed by atoms with van der Waals surface area (Å²) >= 11 is 5.76. The van der Waals surface area contributed by atoms with Crippen molar-refractivity contribution >= 4 is 27.2 Å². The van der Waals surface area contributed by atoms with E-state index in [0.29, 0.717) is 36.1 Å². The number of carbonyl (C=O) groups is 1. The second kappa shape index (κ2) is 5.43. The number of carbonyl (C=O) groups excluding carboxylic acids is 1. The van der Waals surface area contributed by atoms with Crippen LogP contribution in [0.15, 0.2) is 40.1 Å². The molecule has 1 aromatic carbocycles. The van der Waals surface area contributed by atoms with Gasteiger partial charge in [0, 0.05) is 29.8 Å². The van der Waals surface area contributed by atoms with Crippen LogP contribution in [-0.4, -0.2) is 20.0 Å². The molecule has 1 N–H and O–H groups in total. The minimum absolute atomic E-state index is 0.0198. The lowest BCUT2D eigenvalue weighted by molar-refractivity contribution is -0.116. The third-order valence-corrected chi connectivity index (χ3v) is 7.04. The fraction of sp³-hybridized carbons (Fsp3) is 0.353. The van der Waals surface area contributed by atoms with Gasteiger partial charge in [-0.2, -0.15) is 0 Å². The molecule has 2 heterocycles. The van der Waals surface area contributed by atoms with Crippen LogP contribution in [0.1, 0.15) is 37.2 Å². The van der Waals surface area contributed by atoms with Crippen LogP contribution in [-0.2, 0) is 14.6 Å². The molecule has 0 spiro atoms. The minimum atomic E-state index is -3.47. The van der Waals surface area contributed by atoms with Gasteiger partial charge in [0.25, 0.3) is 0 Å². The molecule has 2 aliphatic heterocycles. The van der Waals surface area contributed by atoms with E-state index >= 15 is 0 Å². The Hall–Kier alpha value is -1.66. The number of sulfone groups is 1. The fourth-order valence-corrected chi connectivity index (χ4v) is 5.74. The van der Waals surface area contributed by atoms with Crippen molar-refractivity contribution in [2.24, 2.45) is 0 Å². The number of allylic oxidation sites excluding steroid dienone is 4. The van der Waals surface area contributed by atoms with Crippen molar-refractivity contribution in [3.63, 3.8) is 0 Å². The second-order valence-electron chi connectivity index (χ2n) is 6.31. The Kier molecular flexibility index (Phi) is 3.58. The minimum Gasteiger partial charge on any atom is -0.361 e. The number of rotatable bonds is 1. The Morgan fingerprint density at radius 3 is 2.71 bits per heavy atom. The van der Waals surface area contributed by atoms with Crippen LogP contribution in [0.2, 0.25) is 5.02 Å². The maximum atomic E-state index is 14.0. The van der Waals surface area contributed by atoms with Crippen LogP contribution < -0.4 is 5.32 Å². The van der Waals surface area contributed by atoms with E-state index in [-0.39, 0.29) is 21.5 Å². The lowest BCUT2D eigenvalue weighted by Gasteiger charge is -2.33. The van der Waals surface area contributed by atoms with Gasteiger partial charge in [0.05, 0.1) is 21.6 Å². The summed E-state index contributed by atoms with van der Waals surface area (Å²) in [5.41, 5.74) is 2.34. The van der Waals surface area contributed by atoms with Gasteiger partial charge >= 0.3 is 0 Å². The topological polar surface area (TPSA) is 63.2 Å². The molecular formula is C17H15ClFNO3S. The van der Waals surface area contributed by atoms with E-state index in [9.17, 15) is 17.6 Å². The standard InChI is InChI=1S/C17H15ClFNO3S/c18-10-5-4-9(8-11(10)19)15-16-12(2-1-3-14(16)21)20-13-6-7-24(22,23)17(13)15/h4-5,8,15,20H,1-3,6-7H2/t15-/m0/s1. The molecule has 4 rings (SSSR count). The van der Waals surface area contributed by atoms with Gasteiger partial charge in [0.2, 0.25) is 0 Å². The molecule has 1 atom stereocenters. The van der Waals surface area contributed by atoms with Gasteiger partial charge in [-0.15, -0.1) is 0 Å². The molecule has 0 bridgehead atoms. The van der Waals surface area contributed by atoms with Crippen LogP contribution in [0, 0.1) is 5.82 Å². The zero-order valence-corrected chi connectivity index (χ0v) is 14.3. The average Bonchev–Trinajstić information content (AvgIpc) is 2.84. The number of nitrogens with one attached hydrogen (secondary N) is 1. The maximum Gasteiger partial charge on any atom is 0.177 e. The van der Waals surface area contributed by atoms with E-state index in [1.54, 1.807) is 6.07 Å². The molecule has 1 aromatic rings. The Labute approximate surface area is 144 Å². The van der Waals surface area contributed by atoms with Crippen LogP contribution in [0.3, 0.4) is 0 Å². The van der Waals surface area contributed by atoms with E-state index in [1.807, 2.05) is 0 Å². The summed E-state index contributed by atoms with van der Waals surface area (Å²) in [5.74, 6) is -1.40. The highest BCUT2D eigenvalue weighted by Crippen LogP contribution is 2.47. The Bertz CT molecular complexity index is 933. The molecule has 0 amide bonds. The zero-order chi connectivity index (χ0) is 17.1. The van der Waals surface area contributed by atoms with Gasteiger partial charge in [0.15, 0.2) is 15.6 Å². The molecule has 24 heavy (non-hydrogen) atoms.